The first-order valence-electron chi connectivity index (χ1n) is 5.86. The third kappa shape index (κ3) is 2.94. The van der Waals surface area contributed by atoms with Crippen molar-refractivity contribution in [1.29, 1.82) is 0 Å². The van der Waals surface area contributed by atoms with Gasteiger partial charge in [0, 0.05) is 23.9 Å². The first-order valence-corrected chi connectivity index (χ1v) is 5.86. The quantitative estimate of drug-likeness (QED) is 0.618. The molecule has 1 saturated heterocycles. The molecular weight excluding hydrogens is 218 g/mol. The molecule has 0 amide bonds. The summed E-state index contributed by atoms with van der Waals surface area (Å²) in [6, 6.07) is 5.29. The summed E-state index contributed by atoms with van der Waals surface area (Å²) in [6.45, 7) is 4.72. The molecule has 1 aromatic rings. The molecule has 1 aliphatic rings. The Morgan fingerprint density at radius 1 is 1.59 bits per heavy atom. The molecule has 1 aromatic carbocycles. The van der Waals surface area contributed by atoms with Crippen molar-refractivity contribution >= 4 is 11.4 Å². The highest BCUT2D eigenvalue weighted by atomic mass is 16.6. The van der Waals surface area contributed by atoms with Crippen LogP contribution in [-0.2, 0) is 0 Å². The first-order chi connectivity index (χ1) is 8.16. The van der Waals surface area contributed by atoms with E-state index < -0.39 is 0 Å². The molecule has 0 aliphatic carbocycles. The van der Waals surface area contributed by atoms with Gasteiger partial charge in [0.1, 0.15) is 0 Å². The number of benzene rings is 1. The predicted octanol–water partition coefficient (Wildman–Crippen LogP) is 1.92. The summed E-state index contributed by atoms with van der Waals surface area (Å²) < 4.78 is 0. The zero-order chi connectivity index (χ0) is 12.3. The minimum Gasteiger partial charge on any atom is -0.385 e. The van der Waals surface area contributed by atoms with Gasteiger partial charge in [0.25, 0.3) is 5.69 Å². The fraction of sp³-hybridized carbons (Fsp3) is 0.500. The van der Waals surface area contributed by atoms with E-state index in [4.69, 9.17) is 0 Å². The molecule has 1 unspecified atom stereocenters. The number of nitrogens with one attached hydrogen (secondary N) is 2. The van der Waals surface area contributed by atoms with Gasteiger partial charge in [-0.1, -0.05) is 6.07 Å². The average molecular weight is 235 g/mol. The molecule has 2 N–H and O–H groups in total. The summed E-state index contributed by atoms with van der Waals surface area (Å²) in [7, 11) is 0. The second-order valence-electron chi connectivity index (χ2n) is 4.50. The molecule has 5 nitrogen and oxygen atoms in total. The topological polar surface area (TPSA) is 67.2 Å². The van der Waals surface area contributed by atoms with Crippen molar-refractivity contribution in [1.82, 2.24) is 5.32 Å². The van der Waals surface area contributed by atoms with Crippen molar-refractivity contribution < 1.29 is 4.92 Å². The van der Waals surface area contributed by atoms with Gasteiger partial charge in [0.15, 0.2) is 0 Å². The highest BCUT2D eigenvalue weighted by Crippen LogP contribution is 2.22. The number of aryl methyl sites for hydroxylation is 1. The van der Waals surface area contributed by atoms with Crippen LogP contribution < -0.4 is 10.6 Å². The van der Waals surface area contributed by atoms with Gasteiger partial charge in [-0.2, -0.15) is 0 Å². The van der Waals surface area contributed by atoms with Gasteiger partial charge in [-0.3, -0.25) is 10.1 Å². The average Bonchev–Trinajstić information content (AvgIpc) is 2.80. The molecule has 17 heavy (non-hydrogen) atoms. The van der Waals surface area contributed by atoms with E-state index in [0.717, 1.165) is 25.3 Å². The number of nitrogens with zero attached hydrogens (tertiary/aromatic N) is 1. The molecule has 1 heterocycles. The Bertz CT molecular complexity index is 414. The van der Waals surface area contributed by atoms with Gasteiger partial charge in [-0.25, -0.2) is 0 Å². The Labute approximate surface area is 100 Å². The number of hydrogen-bond donors (Lipinski definition) is 2. The maximum absolute atomic E-state index is 10.8. The zero-order valence-corrected chi connectivity index (χ0v) is 9.90. The van der Waals surface area contributed by atoms with E-state index in [1.54, 1.807) is 19.1 Å². The predicted molar refractivity (Wildman–Crippen MR) is 67.3 cm³/mol. The summed E-state index contributed by atoms with van der Waals surface area (Å²) in [5, 5.41) is 17.4. The van der Waals surface area contributed by atoms with Crippen molar-refractivity contribution in [2.75, 3.05) is 25.0 Å². The third-order valence-corrected chi connectivity index (χ3v) is 3.16. The summed E-state index contributed by atoms with van der Waals surface area (Å²) in [6.07, 6.45) is 1.17. The lowest BCUT2D eigenvalue weighted by Crippen LogP contribution is -2.17. The Kier molecular flexibility index (Phi) is 3.58. The lowest BCUT2D eigenvalue weighted by molar-refractivity contribution is -0.385. The number of hydrogen-bond acceptors (Lipinski definition) is 4. The maximum atomic E-state index is 10.8. The minimum atomic E-state index is -0.336. The highest BCUT2D eigenvalue weighted by molar-refractivity contribution is 5.54. The van der Waals surface area contributed by atoms with Crippen LogP contribution in [0.5, 0.6) is 0 Å². The summed E-state index contributed by atoms with van der Waals surface area (Å²) in [5.74, 6) is 0.621. The Morgan fingerprint density at radius 3 is 3.06 bits per heavy atom. The summed E-state index contributed by atoms with van der Waals surface area (Å²) in [4.78, 5) is 10.5. The van der Waals surface area contributed by atoms with E-state index in [-0.39, 0.29) is 10.6 Å². The van der Waals surface area contributed by atoms with Crippen LogP contribution in [-0.4, -0.2) is 24.6 Å². The van der Waals surface area contributed by atoms with Crippen LogP contribution in [0.4, 0.5) is 11.4 Å². The van der Waals surface area contributed by atoms with Crippen molar-refractivity contribution in [3.05, 3.63) is 33.9 Å². The molecule has 0 aromatic heterocycles. The maximum Gasteiger partial charge on any atom is 0.274 e. The van der Waals surface area contributed by atoms with Gasteiger partial charge >= 0.3 is 0 Å². The van der Waals surface area contributed by atoms with E-state index in [9.17, 15) is 10.1 Å². The fourth-order valence-electron chi connectivity index (χ4n) is 2.07. The van der Waals surface area contributed by atoms with Gasteiger partial charge in [0.05, 0.1) is 4.92 Å². The largest absolute Gasteiger partial charge is 0.385 e. The van der Waals surface area contributed by atoms with Crippen molar-refractivity contribution in [2.24, 2.45) is 5.92 Å². The minimum absolute atomic E-state index is 0.180. The normalized spacial score (nSPS) is 19.2. The van der Waals surface area contributed by atoms with Crippen LogP contribution in [0, 0.1) is 23.0 Å². The number of nitro benzene ring substituents is 1. The number of anilines is 1. The van der Waals surface area contributed by atoms with Crippen LogP contribution in [0.1, 0.15) is 12.0 Å². The lowest BCUT2D eigenvalue weighted by atomic mass is 10.1. The van der Waals surface area contributed by atoms with Gasteiger partial charge in [-0.15, -0.1) is 0 Å². The molecule has 0 saturated carbocycles. The van der Waals surface area contributed by atoms with E-state index >= 15 is 0 Å². The Morgan fingerprint density at radius 2 is 2.41 bits per heavy atom. The van der Waals surface area contributed by atoms with E-state index in [0.29, 0.717) is 11.5 Å². The smallest absolute Gasteiger partial charge is 0.274 e. The number of nitro groups is 1. The zero-order valence-electron chi connectivity index (χ0n) is 9.90. The van der Waals surface area contributed by atoms with E-state index in [1.165, 1.54) is 6.42 Å². The van der Waals surface area contributed by atoms with Crippen molar-refractivity contribution in [2.45, 2.75) is 13.3 Å². The molecule has 0 bridgehead atoms. The van der Waals surface area contributed by atoms with Crippen LogP contribution in [0.2, 0.25) is 0 Å². The molecule has 92 valence electrons. The third-order valence-electron chi connectivity index (χ3n) is 3.16. The van der Waals surface area contributed by atoms with Crippen LogP contribution in [0.3, 0.4) is 0 Å². The Hall–Kier alpha value is -1.62. The van der Waals surface area contributed by atoms with Crippen LogP contribution in [0.15, 0.2) is 18.2 Å². The molecular formula is C12H17N3O2. The van der Waals surface area contributed by atoms with Gasteiger partial charge in [0.2, 0.25) is 0 Å². The van der Waals surface area contributed by atoms with E-state index in [1.807, 2.05) is 6.07 Å². The molecule has 1 aliphatic heterocycles. The van der Waals surface area contributed by atoms with E-state index in [2.05, 4.69) is 10.6 Å². The molecule has 0 radical (unpaired) electrons. The lowest BCUT2D eigenvalue weighted by Gasteiger charge is -2.11. The van der Waals surface area contributed by atoms with Gasteiger partial charge < -0.3 is 10.6 Å². The van der Waals surface area contributed by atoms with Crippen molar-refractivity contribution in [3.63, 3.8) is 0 Å². The van der Waals surface area contributed by atoms with Crippen molar-refractivity contribution in [3.8, 4) is 0 Å². The second-order valence-corrected chi connectivity index (χ2v) is 4.50. The second kappa shape index (κ2) is 5.14. The number of rotatable bonds is 4. The summed E-state index contributed by atoms with van der Waals surface area (Å²) in [5.41, 5.74) is 1.71. The monoisotopic (exact) mass is 235 g/mol. The molecule has 0 spiro atoms. The highest BCUT2D eigenvalue weighted by Gasteiger charge is 2.15. The van der Waals surface area contributed by atoms with Gasteiger partial charge in [-0.05, 0) is 38.4 Å². The van der Waals surface area contributed by atoms with Crippen LogP contribution in [0.25, 0.3) is 0 Å². The Balaban J connectivity index is 2.00. The molecule has 2 rings (SSSR count). The van der Waals surface area contributed by atoms with Crippen LogP contribution >= 0.6 is 0 Å². The fourth-order valence-corrected chi connectivity index (χ4v) is 2.07. The molecule has 1 fully saturated rings. The first kappa shape index (κ1) is 11.9. The summed E-state index contributed by atoms with van der Waals surface area (Å²) >= 11 is 0. The molecule has 5 heteroatoms. The standard InChI is InChI=1S/C12H17N3O2/c1-9-2-3-11(6-12(9)15(16)17)14-8-10-4-5-13-7-10/h2-3,6,10,13-14H,4-5,7-8H2,1H3. The molecule has 1 atom stereocenters. The SMILES string of the molecule is Cc1ccc(NCC2CCNC2)cc1[N+](=O)[O-].